The maximum Gasteiger partial charge on any atom is 0.161 e. The Balaban J connectivity index is 1.72. The van der Waals surface area contributed by atoms with E-state index >= 15 is 0 Å². The summed E-state index contributed by atoms with van der Waals surface area (Å²) in [5.74, 6) is 1.68. The molecule has 1 aliphatic heterocycles. The molecule has 1 unspecified atom stereocenters. The summed E-state index contributed by atoms with van der Waals surface area (Å²) in [5.41, 5.74) is 9.01. The number of benzene rings is 1. The highest BCUT2D eigenvalue weighted by atomic mass is 16.5. The van der Waals surface area contributed by atoms with Crippen LogP contribution in [-0.2, 0) is 0 Å². The first-order valence-corrected chi connectivity index (χ1v) is 7.66. The Labute approximate surface area is 120 Å². The smallest absolute Gasteiger partial charge is 0.161 e. The number of hydrogen-bond acceptors (Lipinski definition) is 3. The Bertz CT molecular complexity index is 496. The van der Waals surface area contributed by atoms with Gasteiger partial charge >= 0.3 is 0 Å². The molecular formula is C17H23NO2. The van der Waals surface area contributed by atoms with Crippen LogP contribution in [0.2, 0.25) is 0 Å². The Hall–Kier alpha value is -1.48. The molecule has 108 valence electrons. The maximum atomic E-state index is 6.36. The van der Waals surface area contributed by atoms with Crippen LogP contribution in [0.25, 0.3) is 0 Å². The predicted octanol–water partition coefficient (Wildman–Crippen LogP) is 3.74. The van der Waals surface area contributed by atoms with Crippen LogP contribution in [-0.4, -0.2) is 13.2 Å². The lowest BCUT2D eigenvalue weighted by Gasteiger charge is -2.18. The molecule has 3 rings (SSSR count). The van der Waals surface area contributed by atoms with Crippen molar-refractivity contribution in [2.24, 2.45) is 5.73 Å². The van der Waals surface area contributed by atoms with Crippen molar-refractivity contribution >= 4 is 0 Å². The van der Waals surface area contributed by atoms with Crippen LogP contribution in [0, 0.1) is 0 Å². The Morgan fingerprint density at radius 1 is 1.05 bits per heavy atom. The van der Waals surface area contributed by atoms with E-state index in [1.165, 1.54) is 31.3 Å². The highest BCUT2D eigenvalue weighted by molar-refractivity contribution is 5.44. The molecule has 1 aliphatic carbocycles. The van der Waals surface area contributed by atoms with E-state index in [2.05, 4.69) is 18.2 Å². The van der Waals surface area contributed by atoms with Crippen molar-refractivity contribution in [1.29, 1.82) is 0 Å². The summed E-state index contributed by atoms with van der Waals surface area (Å²) in [6.45, 7) is 1.45. The minimum atomic E-state index is 0.0523. The van der Waals surface area contributed by atoms with Crippen molar-refractivity contribution in [3.05, 3.63) is 35.4 Å². The molecule has 2 aliphatic rings. The van der Waals surface area contributed by atoms with Crippen molar-refractivity contribution in [3.63, 3.8) is 0 Å². The summed E-state index contributed by atoms with van der Waals surface area (Å²) in [6, 6.07) is 6.16. The third kappa shape index (κ3) is 3.15. The third-order valence-corrected chi connectivity index (χ3v) is 4.07. The van der Waals surface area contributed by atoms with E-state index in [4.69, 9.17) is 15.2 Å². The van der Waals surface area contributed by atoms with Crippen LogP contribution in [0.4, 0.5) is 0 Å². The van der Waals surface area contributed by atoms with Gasteiger partial charge in [-0.25, -0.2) is 0 Å². The molecule has 0 aromatic heterocycles. The number of nitrogens with two attached hydrogens (primary N) is 1. The first-order valence-electron chi connectivity index (χ1n) is 7.66. The molecule has 1 heterocycles. The lowest BCUT2D eigenvalue weighted by Crippen LogP contribution is -2.12. The van der Waals surface area contributed by atoms with Gasteiger partial charge in [0.1, 0.15) is 0 Å². The maximum absolute atomic E-state index is 6.36. The zero-order valence-corrected chi connectivity index (χ0v) is 11.9. The molecule has 0 amide bonds. The third-order valence-electron chi connectivity index (χ3n) is 4.07. The number of ether oxygens (including phenoxy) is 2. The fourth-order valence-electron chi connectivity index (χ4n) is 2.90. The lowest BCUT2D eigenvalue weighted by atomic mass is 9.92. The fraction of sp³-hybridized carbons (Fsp3) is 0.529. The molecule has 0 fully saturated rings. The summed E-state index contributed by atoms with van der Waals surface area (Å²) in [6.07, 6.45) is 9.30. The summed E-state index contributed by atoms with van der Waals surface area (Å²) in [7, 11) is 0. The van der Waals surface area contributed by atoms with Gasteiger partial charge in [0.05, 0.1) is 13.2 Å². The van der Waals surface area contributed by atoms with Gasteiger partial charge in [0.15, 0.2) is 11.5 Å². The summed E-state index contributed by atoms with van der Waals surface area (Å²) in [5, 5.41) is 0. The van der Waals surface area contributed by atoms with Crippen molar-refractivity contribution in [3.8, 4) is 11.5 Å². The second-order valence-corrected chi connectivity index (χ2v) is 5.68. The second kappa shape index (κ2) is 6.31. The molecule has 1 atom stereocenters. The predicted molar refractivity (Wildman–Crippen MR) is 80.1 cm³/mol. The molecular weight excluding hydrogens is 250 g/mol. The monoisotopic (exact) mass is 273 g/mol. The van der Waals surface area contributed by atoms with E-state index in [0.29, 0.717) is 0 Å². The fourth-order valence-corrected chi connectivity index (χ4v) is 2.90. The summed E-state index contributed by atoms with van der Waals surface area (Å²) in [4.78, 5) is 0. The minimum absolute atomic E-state index is 0.0523. The van der Waals surface area contributed by atoms with E-state index in [1.807, 2.05) is 6.07 Å². The number of hydrogen-bond donors (Lipinski definition) is 1. The van der Waals surface area contributed by atoms with Crippen molar-refractivity contribution < 1.29 is 9.47 Å². The topological polar surface area (TPSA) is 44.5 Å². The molecule has 20 heavy (non-hydrogen) atoms. The van der Waals surface area contributed by atoms with Crippen LogP contribution < -0.4 is 15.2 Å². The summed E-state index contributed by atoms with van der Waals surface area (Å²) >= 11 is 0. The van der Waals surface area contributed by atoms with E-state index in [0.717, 1.165) is 43.1 Å². The van der Waals surface area contributed by atoms with Gasteiger partial charge in [-0.15, -0.1) is 0 Å². The Morgan fingerprint density at radius 3 is 2.70 bits per heavy atom. The molecule has 0 bridgehead atoms. The average Bonchev–Trinajstić information content (AvgIpc) is 2.72. The highest BCUT2D eigenvalue weighted by Gasteiger charge is 2.15. The van der Waals surface area contributed by atoms with Gasteiger partial charge in [-0.2, -0.15) is 0 Å². The quantitative estimate of drug-likeness (QED) is 0.853. The molecule has 0 saturated heterocycles. The molecule has 1 aromatic rings. The van der Waals surface area contributed by atoms with E-state index < -0.39 is 0 Å². The largest absolute Gasteiger partial charge is 0.490 e. The Morgan fingerprint density at radius 2 is 1.90 bits per heavy atom. The molecule has 3 nitrogen and oxygen atoms in total. The van der Waals surface area contributed by atoms with Gasteiger partial charge in [-0.1, -0.05) is 17.7 Å². The van der Waals surface area contributed by atoms with Crippen molar-refractivity contribution in [2.75, 3.05) is 13.2 Å². The molecule has 3 heteroatoms. The first kappa shape index (κ1) is 13.5. The van der Waals surface area contributed by atoms with E-state index in [9.17, 15) is 0 Å². The number of fused-ring (bicyclic) bond motifs is 1. The van der Waals surface area contributed by atoms with Gasteiger partial charge in [-0.05, 0) is 49.8 Å². The van der Waals surface area contributed by atoms with Crippen LogP contribution in [0.3, 0.4) is 0 Å². The van der Waals surface area contributed by atoms with Gasteiger partial charge in [-0.3, -0.25) is 0 Å². The van der Waals surface area contributed by atoms with Crippen molar-refractivity contribution in [1.82, 2.24) is 0 Å². The molecule has 0 spiro atoms. The molecule has 0 saturated carbocycles. The minimum Gasteiger partial charge on any atom is -0.490 e. The van der Waals surface area contributed by atoms with Crippen LogP contribution in [0.1, 0.15) is 50.1 Å². The zero-order valence-electron chi connectivity index (χ0n) is 11.9. The normalized spacial score (nSPS) is 19.9. The van der Waals surface area contributed by atoms with Gasteiger partial charge in [0.25, 0.3) is 0 Å². The highest BCUT2D eigenvalue weighted by Crippen LogP contribution is 2.34. The van der Waals surface area contributed by atoms with Crippen LogP contribution in [0.15, 0.2) is 29.8 Å². The summed E-state index contributed by atoms with van der Waals surface area (Å²) < 4.78 is 11.4. The van der Waals surface area contributed by atoms with Crippen LogP contribution >= 0.6 is 0 Å². The van der Waals surface area contributed by atoms with Gasteiger partial charge in [0, 0.05) is 12.5 Å². The van der Waals surface area contributed by atoms with Gasteiger partial charge < -0.3 is 15.2 Å². The number of rotatable bonds is 3. The lowest BCUT2D eigenvalue weighted by molar-refractivity contribution is 0.297. The first-order chi connectivity index (χ1) is 9.83. The standard InChI is InChI=1S/C17H23NO2/c18-15(11-13-5-2-1-3-6-13)14-7-8-16-17(12-14)20-10-4-9-19-16/h5,7-8,12,15H,1-4,6,9-11,18H2. The van der Waals surface area contributed by atoms with E-state index in [-0.39, 0.29) is 6.04 Å². The number of allylic oxidation sites excluding steroid dienone is 1. The second-order valence-electron chi connectivity index (χ2n) is 5.68. The molecule has 1 aromatic carbocycles. The van der Waals surface area contributed by atoms with Gasteiger partial charge in [0.2, 0.25) is 0 Å². The Kier molecular flexibility index (Phi) is 4.26. The average molecular weight is 273 g/mol. The molecule has 0 radical (unpaired) electrons. The molecule has 2 N–H and O–H groups in total. The van der Waals surface area contributed by atoms with Crippen molar-refractivity contribution in [2.45, 2.75) is 44.6 Å². The van der Waals surface area contributed by atoms with E-state index in [1.54, 1.807) is 0 Å². The zero-order chi connectivity index (χ0) is 13.8. The SMILES string of the molecule is NC(CC1=CCCCC1)c1ccc2c(c1)OCCCO2. The van der Waals surface area contributed by atoms with Crippen LogP contribution in [0.5, 0.6) is 11.5 Å².